The number of nitrogens with one attached hydrogen (secondary N) is 1. The van der Waals surface area contributed by atoms with Crippen molar-refractivity contribution in [2.75, 3.05) is 11.1 Å². The number of aryl methyl sites for hydroxylation is 2. The highest BCUT2D eigenvalue weighted by Gasteiger charge is 2.18. The van der Waals surface area contributed by atoms with E-state index in [1.165, 1.54) is 22.9 Å². The second kappa shape index (κ2) is 9.77. The summed E-state index contributed by atoms with van der Waals surface area (Å²) in [7, 11) is 0. The highest BCUT2D eigenvalue weighted by atomic mass is 35.5. The minimum absolute atomic E-state index is 0.139. The molecule has 8 heteroatoms. The normalized spacial score (nSPS) is 10.9. The summed E-state index contributed by atoms with van der Waals surface area (Å²) in [6.07, 6.45) is 0. The minimum atomic E-state index is -0.213. The Labute approximate surface area is 200 Å². The quantitative estimate of drug-likeness (QED) is 0.315. The molecular weight excluding hydrogens is 463 g/mol. The zero-order valence-electron chi connectivity index (χ0n) is 17.5. The van der Waals surface area contributed by atoms with Crippen LogP contribution in [0, 0.1) is 13.8 Å². The van der Waals surface area contributed by atoms with Crippen LogP contribution in [-0.4, -0.2) is 26.4 Å². The van der Waals surface area contributed by atoms with Crippen LogP contribution in [0.2, 0.25) is 10.0 Å². The molecule has 0 aliphatic rings. The molecular formula is C24H20Cl2N4OS. The Morgan fingerprint density at radius 2 is 1.75 bits per heavy atom. The van der Waals surface area contributed by atoms with Crippen LogP contribution in [-0.2, 0) is 4.79 Å². The van der Waals surface area contributed by atoms with Crippen LogP contribution in [0.3, 0.4) is 0 Å². The van der Waals surface area contributed by atoms with Crippen LogP contribution < -0.4 is 5.32 Å². The Bertz CT molecular complexity index is 1270. The van der Waals surface area contributed by atoms with Crippen molar-refractivity contribution in [1.29, 1.82) is 0 Å². The number of nitrogens with zero attached hydrogens (tertiary/aromatic N) is 3. The summed E-state index contributed by atoms with van der Waals surface area (Å²) in [4.78, 5) is 12.6. The van der Waals surface area contributed by atoms with Gasteiger partial charge in [-0.1, -0.05) is 77.4 Å². The average Bonchev–Trinajstić information content (AvgIpc) is 3.22. The maximum Gasteiger partial charge on any atom is 0.234 e. The molecule has 0 bridgehead atoms. The molecule has 162 valence electrons. The van der Waals surface area contributed by atoms with Crippen molar-refractivity contribution in [3.63, 3.8) is 0 Å². The first-order valence-corrected chi connectivity index (χ1v) is 11.6. The maximum atomic E-state index is 12.6. The molecule has 0 spiro atoms. The summed E-state index contributed by atoms with van der Waals surface area (Å²) >= 11 is 13.5. The van der Waals surface area contributed by atoms with Crippen LogP contribution in [0.4, 0.5) is 5.69 Å². The summed E-state index contributed by atoms with van der Waals surface area (Å²) in [5, 5.41) is 12.9. The number of carbonyl (C=O) groups excluding carboxylic acids is 1. The predicted octanol–water partition coefficient (Wildman–Crippen LogP) is 6.59. The van der Waals surface area contributed by atoms with Crippen molar-refractivity contribution in [2.45, 2.75) is 19.0 Å². The van der Waals surface area contributed by atoms with E-state index in [4.69, 9.17) is 23.2 Å². The highest BCUT2D eigenvalue weighted by molar-refractivity contribution is 7.99. The maximum absolute atomic E-state index is 12.6. The molecule has 0 atom stereocenters. The standard InChI is InChI=1S/C24H20Cl2N4OS/c1-15-11-12-18(13-16(15)2)30-23(17-7-4-3-5-8-17)28-29-24(30)32-14-21(31)27-20-10-6-9-19(25)22(20)26/h3-13H,14H2,1-2H3,(H,27,31). The molecule has 1 heterocycles. The largest absolute Gasteiger partial charge is 0.324 e. The lowest BCUT2D eigenvalue weighted by Crippen LogP contribution is -2.15. The zero-order valence-corrected chi connectivity index (χ0v) is 19.8. The molecule has 32 heavy (non-hydrogen) atoms. The number of amides is 1. The van der Waals surface area contributed by atoms with Crippen molar-refractivity contribution >= 4 is 46.6 Å². The van der Waals surface area contributed by atoms with Crippen LogP contribution in [0.5, 0.6) is 0 Å². The van der Waals surface area contributed by atoms with Crippen molar-refractivity contribution in [1.82, 2.24) is 14.8 Å². The number of hydrogen-bond acceptors (Lipinski definition) is 4. The van der Waals surface area contributed by atoms with Crippen LogP contribution in [0.15, 0.2) is 71.9 Å². The van der Waals surface area contributed by atoms with Gasteiger partial charge >= 0.3 is 0 Å². The van der Waals surface area contributed by atoms with Crippen molar-refractivity contribution < 1.29 is 4.79 Å². The van der Waals surface area contributed by atoms with Crippen molar-refractivity contribution in [3.05, 3.63) is 87.9 Å². The van der Waals surface area contributed by atoms with Gasteiger partial charge in [0.15, 0.2) is 11.0 Å². The van der Waals surface area contributed by atoms with E-state index in [0.717, 1.165) is 17.1 Å². The Hall–Kier alpha value is -2.80. The monoisotopic (exact) mass is 482 g/mol. The van der Waals surface area contributed by atoms with Crippen LogP contribution in [0.25, 0.3) is 17.1 Å². The number of benzene rings is 3. The average molecular weight is 483 g/mol. The van der Waals surface area contributed by atoms with Gasteiger partial charge in [-0.05, 0) is 49.2 Å². The number of anilines is 1. The third kappa shape index (κ3) is 4.83. The van der Waals surface area contributed by atoms with Gasteiger partial charge < -0.3 is 5.32 Å². The van der Waals surface area contributed by atoms with E-state index in [1.807, 2.05) is 41.0 Å². The lowest BCUT2D eigenvalue weighted by molar-refractivity contribution is -0.113. The summed E-state index contributed by atoms with van der Waals surface area (Å²) in [6, 6.07) is 21.2. The van der Waals surface area contributed by atoms with Gasteiger partial charge in [-0.3, -0.25) is 9.36 Å². The smallest absolute Gasteiger partial charge is 0.234 e. The first-order chi connectivity index (χ1) is 15.4. The van der Waals surface area contributed by atoms with E-state index in [9.17, 15) is 4.79 Å². The number of aromatic nitrogens is 3. The Kier molecular flexibility index (Phi) is 6.84. The van der Waals surface area contributed by atoms with Gasteiger partial charge in [0.2, 0.25) is 5.91 Å². The Morgan fingerprint density at radius 3 is 2.50 bits per heavy atom. The third-order valence-electron chi connectivity index (χ3n) is 4.97. The number of thioether (sulfide) groups is 1. The van der Waals surface area contributed by atoms with Crippen LogP contribution >= 0.6 is 35.0 Å². The highest BCUT2D eigenvalue weighted by Crippen LogP contribution is 2.31. The molecule has 1 amide bonds. The number of rotatable bonds is 6. The Balaban J connectivity index is 1.62. The summed E-state index contributed by atoms with van der Waals surface area (Å²) in [5.41, 5.74) is 4.73. The minimum Gasteiger partial charge on any atom is -0.324 e. The summed E-state index contributed by atoms with van der Waals surface area (Å²) < 4.78 is 1.98. The second-order valence-electron chi connectivity index (χ2n) is 7.21. The zero-order chi connectivity index (χ0) is 22.7. The summed E-state index contributed by atoms with van der Waals surface area (Å²) in [6.45, 7) is 4.14. The summed E-state index contributed by atoms with van der Waals surface area (Å²) in [5.74, 6) is 0.644. The van der Waals surface area contributed by atoms with Gasteiger partial charge in [0, 0.05) is 5.56 Å². The molecule has 1 aromatic heterocycles. The van der Waals surface area contributed by atoms with E-state index < -0.39 is 0 Å². The number of carbonyl (C=O) groups is 1. The van der Waals surface area contributed by atoms with E-state index in [1.54, 1.807) is 18.2 Å². The molecule has 0 fully saturated rings. The predicted molar refractivity (Wildman–Crippen MR) is 132 cm³/mol. The molecule has 1 N–H and O–H groups in total. The van der Waals surface area contributed by atoms with E-state index in [-0.39, 0.29) is 11.7 Å². The molecule has 0 unspecified atom stereocenters. The van der Waals surface area contributed by atoms with Gasteiger partial charge in [0.1, 0.15) is 0 Å². The second-order valence-corrected chi connectivity index (χ2v) is 8.94. The molecule has 4 rings (SSSR count). The fraction of sp³-hybridized carbons (Fsp3) is 0.125. The molecule has 4 aromatic rings. The van der Waals surface area contributed by atoms with E-state index in [0.29, 0.717) is 20.9 Å². The first-order valence-electron chi connectivity index (χ1n) is 9.89. The third-order valence-corrected chi connectivity index (χ3v) is 6.72. The molecule has 0 saturated carbocycles. The molecule has 3 aromatic carbocycles. The molecule has 0 saturated heterocycles. The molecule has 0 radical (unpaired) electrons. The number of halogens is 2. The van der Waals surface area contributed by atoms with Gasteiger partial charge in [-0.2, -0.15) is 0 Å². The lowest BCUT2D eigenvalue weighted by atomic mass is 10.1. The first kappa shape index (κ1) is 22.4. The van der Waals surface area contributed by atoms with Gasteiger partial charge in [-0.25, -0.2) is 0 Å². The molecule has 0 aliphatic carbocycles. The van der Waals surface area contributed by atoms with Gasteiger partial charge in [-0.15, -0.1) is 10.2 Å². The SMILES string of the molecule is Cc1ccc(-n2c(SCC(=O)Nc3cccc(Cl)c3Cl)nnc2-c2ccccc2)cc1C. The van der Waals surface area contributed by atoms with Crippen molar-refractivity contribution in [3.8, 4) is 17.1 Å². The molecule has 0 aliphatic heterocycles. The van der Waals surface area contributed by atoms with E-state index in [2.05, 4.69) is 41.5 Å². The van der Waals surface area contributed by atoms with Gasteiger partial charge in [0.05, 0.1) is 27.2 Å². The number of hydrogen-bond donors (Lipinski definition) is 1. The molecule has 5 nitrogen and oxygen atoms in total. The fourth-order valence-electron chi connectivity index (χ4n) is 3.15. The fourth-order valence-corrected chi connectivity index (χ4v) is 4.25. The van der Waals surface area contributed by atoms with Gasteiger partial charge in [0.25, 0.3) is 0 Å². The lowest BCUT2D eigenvalue weighted by Gasteiger charge is -2.12. The van der Waals surface area contributed by atoms with Crippen molar-refractivity contribution in [2.24, 2.45) is 0 Å². The Morgan fingerprint density at radius 1 is 0.969 bits per heavy atom. The van der Waals surface area contributed by atoms with E-state index >= 15 is 0 Å². The topological polar surface area (TPSA) is 59.8 Å². The van der Waals surface area contributed by atoms with Crippen LogP contribution in [0.1, 0.15) is 11.1 Å².